The number of fused-ring (bicyclic) bond motifs is 2. The second-order valence-corrected chi connectivity index (χ2v) is 5.06. The molecule has 0 aliphatic rings. The monoisotopic (exact) mass is 276 g/mol. The van der Waals surface area contributed by atoms with Crippen molar-refractivity contribution in [1.82, 2.24) is 9.97 Å². The number of hydrogen-bond acceptors (Lipinski definition) is 3. The number of para-hydroxylation sites is 2. The molecule has 2 aromatic carbocycles. The lowest BCUT2D eigenvalue weighted by Crippen LogP contribution is -1.97. The maximum absolute atomic E-state index is 11.5. The van der Waals surface area contributed by atoms with E-state index in [1.807, 2.05) is 49.4 Å². The van der Waals surface area contributed by atoms with Crippen LogP contribution in [0, 0.1) is 6.92 Å². The Hall–Kier alpha value is -2.88. The Morgan fingerprint density at radius 3 is 2.81 bits per heavy atom. The molecule has 2 aromatic heterocycles. The van der Waals surface area contributed by atoms with Gasteiger partial charge in [0.05, 0.1) is 11.0 Å². The minimum Gasteiger partial charge on any atom is -0.423 e. The molecule has 4 heteroatoms. The van der Waals surface area contributed by atoms with E-state index in [0.717, 1.165) is 33.4 Å². The van der Waals surface area contributed by atoms with E-state index < -0.39 is 0 Å². The summed E-state index contributed by atoms with van der Waals surface area (Å²) in [6.07, 6.45) is 0. The second kappa shape index (κ2) is 4.31. The van der Waals surface area contributed by atoms with E-state index in [-0.39, 0.29) is 5.63 Å². The summed E-state index contributed by atoms with van der Waals surface area (Å²) >= 11 is 0. The Bertz CT molecular complexity index is 995. The van der Waals surface area contributed by atoms with Crippen molar-refractivity contribution in [2.24, 2.45) is 0 Å². The van der Waals surface area contributed by atoms with Crippen LogP contribution in [-0.4, -0.2) is 9.97 Å². The van der Waals surface area contributed by atoms with Gasteiger partial charge in [0, 0.05) is 17.0 Å². The number of nitrogens with one attached hydrogen (secondary N) is 1. The lowest BCUT2D eigenvalue weighted by atomic mass is 10.1. The fourth-order valence-corrected chi connectivity index (χ4v) is 2.56. The molecule has 4 aromatic rings. The number of nitrogens with zero attached hydrogens (tertiary/aromatic N) is 1. The number of hydrogen-bond donors (Lipinski definition) is 1. The largest absolute Gasteiger partial charge is 0.423 e. The van der Waals surface area contributed by atoms with Gasteiger partial charge in [-0.15, -0.1) is 0 Å². The lowest BCUT2D eigenvalue weighted by Gasteiger charge is -2.02. The second-order valence-electron chi connectivity index (χ2n) is 5.06. The summed E-state index contributed by atoms with van der Waals surface area (Å²) in [5, 5.41) is 0.939. The first-order valence-electron chi connectivity index (χ1n) is 6.70. The molecule has 0 radical (unpaired) electrons. The molecule has 21 heavy (non-hydrogen) atoms. The summed E-state index contributed by atoms with van der Waals surface area (Å²) in [4.78, 5) is 19.3. The molecule has 0 saturated heterocycles. The van der Waals surface area contributed by atoms with Crippen molar-refractivity contribution in [2.75, 3.05) is 0 Å². The Labute approximate surface area is 120 Å². The zero-order chi connectivity index (χ0) is 14.4. The van der Waals surface area contributed by atoms with E-state index in [2.05, 4.69) is 9.97 Å². The zero-order valence-electron chi connectivity index (χ0n) is 11.4. The number of H-pyrrole nitrogens is 1. The summed E-state index contributed by atoms with van der Waals surface area (Å²) in [6.45, 7) is 1.90. The van der Waals surface area contributed by atoms with Gasteiger partial charge in [-0.3, -0.25) is 0 Å². The molecule has 0 unspecified atom stereocenters. The van der Waals surface area contributed by atoms with Crippen LogP contribution >= 0.6 is 0 Å². The van der Waals surface area contributed by atoms with Crippen molar-refractivity contribution in [1.29, 1.82) is 0 Å². The molecule has 0 bridgehead atoms. The molecule has 2 heterocycles. The van der Waals surface area contributed by atoms with Crippen molar-refractivity contribution < 1.29 is 4.42 Å². The molecule has 0 atom stereocenters. The molecule has 102 valence electrons. The van der Waals surface area contributed by atoms with Gasteiger partial charge in [-0.25, -0.2) is 9.78 Å². The summed E-state index contributed by atoms with van der Waals surface area (Å²) in [5.41, 5.74) is 3.96. The fourth-order valence-electron chi connectivity index (χ4n) is 2.56. The van der Waals surface area contributed by atoms with Crippen molar-refractivity contribution in [3.05, 3.63) is 64.5 Å². The van der Waals surface area contributed by atoms with Crippen LogP contribution in [0.1, 0.15) is 5.56 Å². The van der Waals surface area contributed by atoms with E-state index in [0.29, 0.717) is 5.58 Å². The van der Waals surface area contributed by atoms with Gasteiger partial charge in [-0.05, 0) is 30.7 Å². The third-order valence-corrected chi connectivity index (χ3v) is 3.61. The summed E-state index contributed by atoms with van der Waals surface area (Å²) in [6, 6.07) is 15.1. The first-order valence-corrected chi connectivity index (χ1v) is 6.70. The van der Waals surface area contributed by atoms with E-state index in [9.17, 15) is 4.79 Å². The molecule has 4 nitrogen and oxygen atoms in total. The maximum Gasteiger partial charge on any atom is 0.336 e. The molecule has 1 N–H and O–H groups in total. The molecule has 0 amide bonds. The van der Waals surface area contributed by atoms with Gasteiger partial charge in [0.1, 0.15) is 11.4 Å². The zero-order valence-corrected chi connectivity index (χ0v) is 11.4. The van der Waals surface area contributed by atoms with E-state index >= 15 is 0 Å². The van der Waals surface area contributed by atoms with Crippen molar-refractivity contribution >= 4 is 22.0 Å². The Balaban J connectivity index is 1.95. The van der Waals surface area contributed by atoms with Gasteiger partial charge in [-0.2, -0.15) is 0 Å². The Morgan fingerprint density at radius 2 is 1.95 bits per heavy atom. The van der Waals surface area contributed by atoms with Crippen molar-refractivity contribution in [2.45, 2.75) is 6.92 Å². The molecule has 4 rings (SSSR count). The molecular weight excluding hydrogens is 264 g/mol. The van der Waals surface area contributed by atoms with Crippen LogP contribution in [0.3, 0.4) is 0 Å². The normalized spacial score (nSPS) is 11.3. The number of aromatic nitrogens is 2. The van der Waals surface area contributed by atoms with Crippen LogP contribution in [0.15, 0.2) is 57.7 Å². The predicted octanol–water partition coefficient (Wildman–Crippen LogP) is 3.64. The lowest BCUT2D eigenvalue weighted by molar-refractivity contribution is 0.560. The summed E-state index contributed by atoms with van der Waals surface area (Å²) < 4.78 is 5.28. The van der Waals surface area contributed by atoms with Gasteiger partial charge in [0.25, 0.3) is 0 Å². The molecular formula is C17H12N2O2. The first kappa shape index (κ1) is 11.9. The number of aryl methyl sites for hydroxylation is 1. The van der Waals surface area contributed by atoms with E-state index in [1.54, 1.807) is 0 Å². The third-order valence-electron chi connectivity index (χ3n) is 3.61. The van der Waals surface area contributed by atoms with Crippen LogP contribution in [0.5, 0.6) is 0 Å². The van der Waals surface area contributed by atoms with Crippen LogP contribution in [0.25, 0.3) is 33.4 Å². The highest BCUT2D eigenvalue weighted by atomic mass is 16.4. The molecule has 0 aliphatic heterocycles. The Kier molecular flexibility index (Phi) is 2.44. The van der Waals surface area contributed by atoms with Crippen LogP contribution < -0.4 is 5.63 Å². The number of rotatable bonds is 1. The van der Waals surface area contributed by atoms with Gasteiger partial charge in [0.2, 0.25) is 0 Å². The SMILES string of the molecule is Cc1cc(=O)oc2cc(-c3nc4ccccc4[nH]3)ccc12. The smallest absolute Gasteiger partial charge is 0.336 e. The highest BCUT2D eigenvalue weighted by molar-refractivity contribution is 5.86. The number of benzene rings is 2. The molecule has 0 saturated carbocycles. The first-order chi connectivity index (χ1) is 10.2. The number of imidazole rings is 1. The van der Waals surface area contributed by atoms with Gasteiger partial charge in [-0.1, -0.05) is 24.3 Å². The van der Waals surface area contributed by atoms with Crippen LogP contribution in [0.4, 0.5) is 0 Å². The van der Waals surface area contributed by atoms with Gasteiger partial charge >= 0.3 is 5.63 Å². The molecule has 0 aliphatic carbocycles. The van der Waals surface area contributed by atoms with E-state index in [1.165, 1.54) is 6.07 Å². The summed E-state index contributed by atoms with van der Waals surface area (Å²) in [7, 11) is 0. The van der Waals surface area contributed by atoms with Gasteiger partial charge < -0.3 is 9.40 Å². The highest BCUT2D eigenvalue weighted by Gasteiger charge is 2.08. The molecule has 0 fully saturated rings. The Morgan fingerprint density at radius 1 is 1.10 bits per heavy atom. The standard InChI is InChI=1S/C17H12N2O2/c1-10-8-16(20)21-15-9-11(6-7-12(10)15)17-18-13-4-2-3-5-14(13)19-17/h2-9H,1H3,(H,18,19). The number of aromatic amines is 1. The minimum absolute atomic E-state index is 0.332. The topological polar surface area (TPSA) is 58.9 Å². The fraction of sp³-hybridized carbons (Fsp3) is 0.0588. The van der Waals surface area contributed by atoms with Crippen molar-refractivity contribution in [3.8, 4) is 11.4 Å². The third kappa shape index (κ3) is 1.92. The highest BCUT2D eigenvalue weighted by Crippen LogP contribution is 2.25. The maximum atomic E-state index is 11.5. The predicted molar refractivity (Wildman–Crippen MR) is 82.3 cm³/mol. The minimum atomic E-state index is -0.332. The van der Waals surface area contributed by atoms with Crippen LogP contribution in [-0.2, 0) is 0 Å². The average Bonchev–Trinajstić information content (AvgIpc) is 2.90. The average molecular weight is 276 g/mol. The van der Waals surface area contributed by atoms with Gasteiger partial charge in [0.15, 0.2) is 0 Å². The quantitative estimate of drug-likeness (QED) is 0.540. The molecule has 0 spiro atoms. The van der Waals surface area contributed by atoms with E-state index in [4.69, 9.17) is 4.42 Å². The van der Waals surface area contributed by atoms with Crippen molar-refractivity contribution in [3.63, 3.8) is 0 Å². The summed E-state index contributed by atoms with van der Waals surface area (Å²) in [5.74, 6) is 0.766. The van der Waals surface area contributed by atoms with Crippen LogP contribution in [0.2, 0.25) is 0 Å².